The fourth-order valence-electron chi connectivity index (χ4n) is 6.66. The van der Waals surface area contributed by atoms with Crippen LogP contribution in [0.4, 0.5) is 27.9 Å². The van der Waals surface area contributed by atoms with E-state index in [0.717, 1.165) is 63.1 Å². The molecule has 0 radical (unpaired) electrons. The Balaban J connectivity index is 1.16. The van der Waals surface area contributed by atoms with Crippen molar-refractivity contribution in [3.8, 4) is 0 Å². The predicted molar refractivity (Wildman–Crippen MR) is 152 cm³/mol. The van der Waals surface area contributed by atoms with Crippen LogP contribution in [0.3, 0.4) is 0 Å². The van der Waals surface area contributed by atoms with E-state index in [4.69, 9.17) is 4.98 Å². The first-order valence-corrected chi connectivity index (χ1v) is 14.0. The fourth-order valence-corrected chi connectivity index (χ4v) is 6.66. The highest BCUT2D eigenvalue weighted by Gasteiger charge is 2.52. The lowest BCUT2D eigenvalue weighted by Gasteiger charge is -2.57. The molecule has 1 unspecified atom stereocenters. The van der Waals surface area contributed by atoms with Crippen LogP contribution in [0.1, 0.15) is 31.2 Å². The second kappa shape index (κ2) is 10.1. The summed E-state index contributed by atoms with van der Waals surface area (Å²) in [5.74, 6) is 1.10. The summed E-state index contributed by atoms with van der Waals surface area (Å²) in [4.78, 5) is 45.6. The van der Waals surface area contributed by atoms with Gasteiger partial charge in [-0.15, -0.1) is 0 Å². The third-order valence-electron chi connectivity index (χ3n) is 9.12. The van der Waals surface area contributed by atoms with Crippen LogP contribution in [0, 0.1) is 5.41 Å². The Bertz CT molecular complexity index is 1250. The lowest BCUT2D eigenvalue weighted by atomic mass is 9.60. The molecule has 2 aromatic rings. The molecule has 1 aliphatic carbocycles. The van der Waals surface area contributed by atoms with Gasteiger partial charge >= 0.3 is 6.03 Å². The average Bonchev–Trinajstić information content (AvgIpc) is 2.94. The van der Waals surface area contributed by atoms with Gasteiger partial charge in [-0.1, -0.05) is 13.0 Å². The van der Waals surface area contributed by atoms with Crippen LogP contribution >= 0.6 is 0 Å². The minimum atomic E-state index is -0.0385. The van der Waals surface area contributed by atoms with E-state index in [1.54, 1.807) is 11.9 Å². The summed E-state index contributed by atoms with van der Waals surface area (Å²) in [5, 5.41) is 3.31. The summed E-state index contributed by atoms with van der Waals surface area (Å²) >= 11 is 0. The topological polar surface area (TPSA) is 88.2 Å². The molecule has 1 atom stereocenters. The highest BCUT2D eigenvalue weighted by atomic mass is 16.2. The van der Waals surface area contributed by atoms with Crippen molar-refractivity contribution in [2.24, 2.45) is 5.41 Å². The minimum absolute atomic E-state index is 0.0189. The van der Waals surface area contributed by atoms with E-state index in [2.05, 4.69) is 58.0 Å². The van der Waals surface area contributed by atoms with Gasteiger partial charge in [0.15, 0.2) is 0 Å². The van der Waals surface area contributed by atoms with E-state index in [1.807, 2.05) is 16.0 Å². The van der Waals surface area contributed by atoms with Gasteiger partial charge in [-0.3, -0.25) is 9.69 Å². The third-order valence-corrected chi connectivity index (χ3v) is 9.12. The summed E-state index contributed by atoms with van der Waals surface area (Å²) in [6, 6.07) is 8.42. The number of carbonyl (C=O) groups excluding carboxylic acids is 2. The largest absolute Gasteiger partial charge is 0.369 e. The highest BCUT2D eigenvalue weighted by molar-refractivity contribution is 5.93. The number of urea groups is 1. The van der Waals surface area contributed by atoms with Crippen molar-refractivity contribution in [2.45, 2.75) is 38.3 Å². The van der Waals surface area contributed by atoms with Crippen LogP contribution in [-0.4, -0.2) is 96.0 Å². The van der Waals surface area contributed by atoms with Crippen LogP contribution < -0.4 is 15.1 Å². The van der Waals surface area contributed by atoms with Gasteiger partial charge in [0.05, 0.1) is 6.54 Å². The number of fused-ring (bicyclic) bond motifs is 1. The first-order valence-electron chi connectivity index (χ1n) is 14.0. The molecular weight excluding hydrogens is 492 g/mol. The van der Waals surface area contributed by atoms with E-state index in [0.29, 0.717) is 31.4 Å². The van der Waals surface area contributed by atoms with Crippen molar-refractivity contribution < 1.29 is 9.59 Å². The highest BCUT2D eigenvalue weighted by Crippen LogP contribution is 2.50. The normalized spacial score (nSPS) is 22.9. The zero-order chi connectivity index (χ0) is 27.1. The van der Waals surface area contributed by atoms with E-state index >= 15 is 0 Å². The number of likely N-dealkylation sites (tertiary alicyclic amines) is 1. The Morgan fingerprint density at radius 3 is 2.51 bits per heavy atom. The van der Waals surface area contributed by atoms with Crippen LogP contribution in [-0.2, 0) is 11.3 Å². The van der Waals surface area contributed by atoms with E-state index in [-0.39, 0.29) is 23.4 Å². The molecular formula is C29H38N8O2. The van der Waals surface area contributed by atoms with Gasteiger partial charge in [-0.2, -0.15) is 4.98 Å². The van der Waals surface area contributed by atoms with Crippen molar-refractivity contribution in [1.82, 2.24) is 24.7 Å². The van der Waals surface area contributed by atoms with Crippen molar-refractivity contribution in [3.63, 3.8) is 0 Å². The van der Waals surface area contributed by atoms with E-state index < -0.39 is 0 Å². The van der Waals surface area contributed by atoms with Gasteiger partial charge in [-0.25, -0.2) is 9.78 Å². The summed E-state index contributed by atoms with van der Waals surface area (Å²) in [6.45, 7) is 9.68. The predicted octanol–water partition coefficient (Wildman–Crippen LogP) is 3.30. The SMILES string of the molecule is C=CC(=O)N1CCC(N2Cc3cnc(Nc4ccc(N5CCN(C)CC5)cc4)nc3N(C)C2=O)C2(CCC2)C1. The van der Waals surface area contributed by atoms with Gasteiger partial charge in [0.1, 0.15) is 5.82 Å². The van der Waals surface area contributed by atoms with Gasteiger partial charge in [0.25, 0.3) is 0 Å². The molecule has 2 saturated heterocycles. The number of hydrogen-bond acceptors (Lipinski definition) is 7. The average molecular weight is 531 g/mol. The molecule has 1 saturated carbocycles. The van der Waals surface area contributed by atoms with Crippen LogP contribution in [0.5, 0.6) is 0 Å². The van der Waals surface area contributed by atoms with E-state index in [1.165, 1.54) is 11.8 Å². The Morgan fingerprint density at radius 1 is 1.10 bits per heavy atom. The summed E-state index contributed by atoms with van der Waals surface area (Å²) in [7, 11) is 3.95. The number of likely N-dealkylation sites (N-methyl/N-ethyl adjacent to an activating group) is 1. The second-order valence-electron chi connectivity index (χ2n) is 11.5. The number of piperazine rings is 1. The van der Waals surface area contributed by atoms with Crippen molar-refractivity contribution in [2.75, 3.05) is 68.5 Å². The molecule has 6 rings (SSSR count). The van der Waals surface area contributed by atoms with Crippen molar-refractivity contribution >= 4 is 35.1 Å². The number of hydrogen-bond donors (Lipinski definition) is 1. The zero-order valence-corrected chi connectivity index (χ0v) is 23.0. The number of carbonyl (C=O) groups is 2. The summed E-state index contributed by atoms with van der Waals surface area (Å²) < 4.78 is 0. The number of piperidine rings is 1. The quantitative estimate of drug-likeness (QED) is 0.594. The van der Waals surface area contributed by atoms with Crippen LogP contribution in [0.2, 0.25) is 0 Å². The van der Waals surface area contributed by atoms with Crippen LogP contribution in [0.15, 0.2) is 43.1 Å². The minimum Gasteiger partial charge on any atom is -0.369 e. The molecule has 10 heteroatoms. The van der Waals surface area contributed by atoms with Gasteiger partial charge in [-0.05, 0) is 56.7 Å². The molecule has 1 aromatic heterocycles. The molecule has 1 spiro atoms. The molecule has 1 N–H and O–H groups in total. The standard InChI is InChI=1S/C29H38N8O2/c1-4-25(38)36-13-10-24(29(20-36)11-5-12-29)37-19-21-18-30-27(32-26(21)34(3)28(37)39)31-22-6-8-23(9-7-22)35-16-14-33(2)15-17-35/h4,6-9,18,24H,1,5,10-17,19-20H2,2-3H3,(H,30,31,32). The summed E-state index contributed by atoms with van der Waals surface area (Å²) in [5.41, 5.74) is 3.03. The first kappa shape index (κ1) is 25.6. The van der Waals surface area contributed by atoms with Crippen LogP contribution in [0.25, 0.3) is 0 Å². The first-order chi connectivity index (χ1) is 18.9. The number of amides is 3. The number of rotatable bonds is 5. The molecule has 3 fully saturated rings. The Kier molecular flexibility index (Phi) is 6.66. The number of nitrogens with one attached hydrogen (secondary N) is 1. The monoisotopic (exact) mass is 530 g/mol. The maximum absolute atomic E-state index is 13.6. The Labute approximate surface area is 230 Å². The van der Waals surface area contributed by atoms with Crippen molar-refractivity contribution in [1.29, 1.82) is 0 Å². The van der Waals surface area contributed by atoms with E-state index in [9.17, 15) is 9.59 Å². The number of benzene rings is 1. The van der Waals surface area contributed by atoms with Gasteiger partial charge in [0.2, 0.25) is 11.9 Å². The third kappa shape index (κ3) is 4.71. The Morgan fingerprint density at radius 2 is 1.85 bits per heavy atom. The Hall–Kier alpha value is -3.66. The second-order valence-corrected chi connectivity index (χ2v) is 11.5. The molecule has 4 heterocycles. The zero-order valence-electron chi connectivity index (χ0n) is 23.0. The molecule has 3 amide bonds. The molecule has 3 aliphatic heterocycles. The lowest BCUT2D eigenvalue weighted by Crippen LogP contribution is -2.64. The molecule has 10 nitrogen and oxygen atoms in total. The molecule has 4 aliphatic rings. The van der Waals surface area contributed by atoms with Gasteiger partial charge < -0.3 is 24.9 Å². The smallest absolute Gasteiger partial charge is 0.325 e. The number of nitrogens with zero attached hydrogens (tertiary/aromatic N) is 7. The molecule has 206 valence electrons. The maximum Gasteiger partial charge on any atom is 0.325 e. The lowest BCUT2D eigenvalue weighted by molar-refractivity contribution is -0.135. The fraction of sp³-hybridized carbons (Fsp3) is 0.517. The molecule has 39 heavy (non-hydrogen) atoms. The van der Waals surface area contributed by atoms with Gasteiger partial charge in [0, 0.05) is 80.9 Å². The number of anilines is 4. The molecule has 1 aromatic carbocycles. The maximum atomic E-state index is 13.6. The number of aromatic nitrogens is 2. The van der Waals surface area contributed by atoms with Crippen molar-refractivity contribution in [3.05, 3.63) is 48.7 Å². The molecule has 0 bridgehead atoms. The summed E-state index contributed by atoms with van der Waals surface area (Å²) in [6.07, 6.45) is 7.21.